The van der Waals surface area contributed by atoms with Gasteiger partial charge in [-0.3, -0.25) is 0 Å². The van der Waals surface area contributed by atoms with Gasteiger partial charge in [0, 0.05) is 6.04 Å². The van der Waals surface area contributed by atoms with Crippen LogP contribution in [0.15, 0.2) is 18.2 Å². The number of aryl methyl sites for hydroxylation is 1. The van der Waals surface area contributed by atoms with Crippen molar-refractivity contribution < 1.29 is 9.50 Å². The van der Waals surface area contributed by atoms with Crippen LogP contribution in [-0.4, -0.2) is 17.8 Å². The Labute approximate surface area is 77.2 Å². The van der Waals surface area contributed by atoms with Gasteiger partial charge >= 0.3 is 0 Å². The zero-order valence-electron chi connectivity index (χ0n) is 7.63. The quantitative estimate of drug-likeness (QED) is 0.734. The number of halogens is 1. The van der Waals surface area contributed by atoms with E-state index in [2.05, 4.69) is 0 Å². The van der Waals surface area contributed by atoms with E-state index in [1.54, 1.807) is 0 Å². The molecule has 1 atom stereocenters. The van der Waals surface area contributed by atoms with Gasteiger partial charge in [0.2, 0.25) is 0 Å². The fourth-order valence-electron chi connectivity index (χ4n) is 1.30. The van der Waals surface area contributed by atoms with E-state index in [0.29, 0.717) is 6.42 Å². The summed E-state index contributed by atoms with van der Waals surface area (Å²) in [6.45, 7) is 1.76. The van der Waals surface area contributed by atoms with E-state index < -0.39 is 0 Å². The van der Waals surface area contributed by atoms with Gasteiger partial charge in [0.1, 0.15) is 5.82 Å². The minimum absolute atomic E-state index is 0.0738. The van der Waals surface area contributed by atoms with Gasteiger partial charge in [-0.15, -0.1) is 0 Å². The molecule has 0 saturated carbocycles. The second-order valence-electron chi connectivity index (χ2n) is 3.28. The van der Waals surface area contributed by atoms with E-state index in [1.807, 2.05) is 13.0 Å². The molecule has 0 heterocycles. The van der Waals surface area contributed by atoms with Crippen molar-refractivity contribution in [1.29, 1.82) is 0 Å². The third-order valence-corrected chi connectivity index (χ3v) is 1.83. The van der Waals surface area contributed by atoms with E-state index in [4.69, 9.17) is 10.8 Å². The molecule has 0 aromatic heterocycles. The van der Waals surface area contributed by atoms with Gasteiger partial charge in [0.25, 0.3) is 0 Å². The van der Waals surface area contributed by atoms with Gasteiger partial charge in [0.15, 0.2) is 0 Å². The summed E-state index contributed by atoms with van der Waals surface area (Å²) < 4.78 is 12.9. The molecule has 1 aromatic carbocycles. The van der Waals surface area contributed by atoms with Crippen LogP contribution in [0.3, 0.4) is 0 Å². The van der Waals surface area contributed by atoms with Gasteiger partial charge in [-0.25, -0.2) is 4.39 Å². The summed E-state index contributed by atoms with van der Waals surface area (Å²) in [6.07, 6.45) is 0.509. The number of rotatable bonds is 3. The molecule has 13 heavy (non-hydrogen) atoms. The molecule has 3 heteroatoms. The first-order valence-electron chi connectivity index (χ1n) is 4.24. The molecule has 0 spiro atoms. The smallest absolute Gasteiger partial charge is 0.123 e. The Morgan fingerprint density at radius 1 is 1.46 bits per heavy atom. The zero-order valence-corrected chi connectivity index (χ0v) is 7.63. The first kappa shape index (κ1) is 10.2. The minimum atomic E-state index is -0.304. The van der Waals surface area contributed by atoms with Crippen molar-refractivity contribution >= 4 is 0 Å². The molecule has 0 radical (unpaired) electrons. The predicted octanol–water partition coefficient (Wildman–Crippen LogP) is 0.996. The second-order valence-corrected chi connectivity index (χ2v) is 3.28. The molecule has 0 aliphatic rings. The molecule has 0 amide bonds. The first-order chi connectivity index (χ1) is 6.11. The van der Waals surface area contributed by atoms with Crippen LogP contribution in [0, 0.1) is 12.7 Å². The third kappa shape index (κ3) is 3.13. The highest BCUT2D eigenvalue weighted by atomic mass is 19.1. The molecule has 1 unspecified atom stereocenters. The largest absolute Gasteiger partial charge is 0.395 e. The number of benzene rings is 1. The summed E-state index contributed by atoms with van der Waals surface area (Å²) in [6, 6.07) is 4.48. The Morgan fingerprint density at radius 2 is 2.15 bits per heavy atom. The maximum Gasteiger partial charge on any atom is 0.123 e. The molecule has 0 aliphatic heterocycles. The average Bonchev–Trinajstić information content (AvgIpc) is 2.02. The molecule has 0 saturated heterocycles. The summed E-state index contributed by atoms with van der Waals surface area (Å²) in [5, 5.41) is 8.72. The van der Waals surface area contributed by atoms with Crippen LogP contribution in [0.2, 0.25) is 0 Å². The van der Waals surface area contributed by atoms with Gasteiger partial charge in [-0.05, 0) is 36.6 Å². The van der Waals surface area contributed by atoms with Gasteiger partial charge < -0.3 is 10.8 Å². The van der Waals surface area contributed by atoms with Crippen LogP contribution >= 0.6 is 0 Å². The molecular weight excluding hydrogens is 169 g/mol. The van der Waals surface area contributed by atoms with Crippen LogP contribution in [0.5, 0.6) is 0 Å². The normalized spacial score (nSPS) is 12.9. The molecule has 2 nitrogen and oxygen atoms in total. The Kier molecular flexibility index (Phi) is 3.39. The Hall–Kier alpha value is -0.930. The fraction of sp³-hybridized carbons (Fsp3) is 0.400. The van der Waals surface area contributed by atoms with Crippen molar-refractivity contribution in [2.75, 3.05) is 6.61 Å². The Bertz CT molecular complexity index is 268. The van der Waals surface area contributed by atoms with Crippen LogP contribution < -0.4 is 5.73 Å². The van der Waals surface area contributed by atoms with E-state index >= 15 is 0 Å². The Balaban J connectivity index is 2.77. The predicted molar refractivity (Wildman–Crippen MR) is 49.9 cm³/mol. The SMILES string of the molecule is Cc1cc(F)cc(CC(N)CO)c1. The van der Waals surface area contributed by atoms with Gasteiger partial charge in [-0.1, -0.05) is 6.07 Å². The molecule has 1 rings (SSSR count). The molecular formula is C10H14FNO. The summed E-state index contributed by atoms with van der Waals surface area (Å²) >= 11 is 0. The van der Waals surface area contributed by atoms with Crippen LogP contribution in [-0.2, 0) is 6.42 Å². The summed E-state index contributed by atoms with van der Waals surface area (Å²) in [7, 11) is 0. The molecule has 0 aliphatic carbocycles. The zero-order chi connectivity index (χ0) is 9.84. The van der Waals surface area contributed by atoms with E-state index in [0.717, 1.165) is 11.1 Å². The van der Waals surface area contributed by atoms with E-state index in [-0.39, 0.29) is 18.5 Å². The third-order valence-electron chi connectivity index (χ3n) is 1.83. The highest BCUT2D eigenvalue weighted by molar-refractivity contribution is 5.24. The molecule has 1 aromatic rings. The summed E-state index contributed by atoms with van der Waals surface area (Å²) in [5.41, 5.74) is 7.24. The molecule has 72 valence electrons. The number of aliphatic hydroxyl groups excluding tert-OH is 1. The first-order valence-corrected chi connectivity index (χ1v) is 4.24. The monoisotopic (exact) mass is 183 g/mol. The van der Waals surface area contributed by atoms with Crippen LogP contribution in [0.1, 0.15) is 11.1 Å². The summed E-state index contributed by atoms with van der Waals surface area (Å²) in [4.78, 5) is 0. The lowest BCUT2D eigenvalue weighted by Gasteiger charge is -2.08. The Morgan fingerprint density at radius 3 is 2.69 bits per heavy atom. The number of nitrogens with two attached hydrogens (primary N) is 1. The van der Waals surface area contributed by atoms with Crippen molar-refractivity contribution in [2.24, 2.45) is 5.73 Å². The lowest BCUT2D eigenvalue weighted by molar-refractivity contribution is 0.265. The average molecular weight is 183 g/mol. The van der Waals surface area contributed by atoms with Gasteiger partial charge in [-0.2, -0.15) is 0 Å². The van der Waals surface area contributed by atoms with Crippen molar-refractivity contribution in [3.05, 3.63) is 35.1 Å². The summed E-state index contributed by atoms with van der Waals surface area (Å²) in [5.74, 6) is -0.250. The standard InChI is InChI=1S/C10H14FNO/c1-7-2-8(4-9(11)3-7)5-10(12)6-13/h2-4,10,13H,5-6,12H2,1H3. The highest BCUT2D eigenvalue weighted by Gasteiger charge is 2.03. The van der Waals surface area contributed by atoms with E-state index in [1.165, 1.54) is 12.1 Å². The van der Waals surface area contributed by atoms with Crippen molar-refractivity contribution in [2.45, 2.75) is 19.4 Å². The lowest BCUT2D eigenvalue weighted by Crippen LogP contribution is -2.26. The van der Waals surface area contributed by atoms with Crippen LogP contribution in [0.25, 0.3) is 0 Å². The number of hydrogen-bond acceptors (Lipinski definition) is 2. The molecule has 0 bridgehead atoms. The van der Waals surface area contributed by atoms with Crippen molar-refractivity contribution in [1.82, 2.24) is 0 Å². The molecule has 3 N–H and O–H groups in total. The fourth-order valence-corrected chi connectivity index (χ4v) is 1.30. The highest BCUT2D eigenvalue weighted by Crippen LogP contribution is 2.09. The maximum atomic E-state index is 12.9. The topological polar surface area (TPSA) is 46.2 Å². The maximum absolute atomic E-state index is 12.9. The number of hydrogen-bond donors (Lipinski definition) is 2. The second kappa shape index (κ2) is 4.35. The van der Waals surface area contributed by atoms with Crippen LogP contribution in [0.4, 0.5) is 4.39 Å². The van der Waals surface area contributed by atoms with Gasteiger partial charge in [0.05, 0.1) is 6.61 Å². The van der Waals surface area contributed by atoms with Crippen molar-refractivity contribution in [3.8, 4) is 0 Å². The van der Waals surface area contributed by atoms with E-state index in [9.17, 15) is 4.39 Å². The number of aliphatic hydroxyl groups is 1. The lowest BCUT2D eigenvalue weighted by atomic mass is 10.0. The molecule has 0 fully saturated rings. The van der Waals surface area contributed by atoms with Crippen molar-refractivity contribution in [3.63, 3.8) is 0 Å². The minimum Gasteiger partial charge on any atom is -0.395 e.